The lowest BCUT2D eigenvalue weighted by atomic mass is 10.1. The zero-order valence-corrected chi connectivity index (χ0v) is 9.45. The number of aryl methyl sites for hydroxylation is 2. The molecule has 5 nitrogen and oxygen atoms in total. The van der Waals surface area contributed by atoms with E-state index >= 15 is 0 Å². The Morgan fingerprint density at radius 3 is 2.62 bits per heavy atom. The summed E-state index contributed by atoms with van der Waals surface area (Å²) in [5, 5.41) is 2.74. The maximum atomic E-state index is 11.4. The first-order chi connectivity index (χ1) is 7.49. The minimum atomic E-state index is -0.236. The Hall–Kier alpha value is -2.04. The Bertz CT molecular complexity index is 422. The molecule has 0 unspecified atom stereocenters. The van der Waals surface area contributed by atoms with Crippen LogP contribution < -0.4 is 16.8 Å². The molecule has 0 fully saturated rings. The number of amides is 1. The number of hydrogen-bond acceptors (Lipinski definition) is 2. The van der Waals surface area contributed by atoms with Crippen molar-refractivity contribution in [2.24, 2.45) is 16.5 Å². The Labute approximate surface area is 94.5 Å². The number of nitrogens with zero attached hydrogens (tertiary/aromatic N) is 1. The molecule has 1 aromatic rings. The van der Waals surface area contributed by atoms with Gasteiger partial charge in [-0.1, -0.05) is 17.7 Å². The molecule has 0 aliphatic rings. The van der Waals surface area contributed by atoms with Gasteiger partial charge in [-0.25, -0.2) is 4.99 Å². The molecule has 0 atom stereocenters. The molecular formula is C11H16N4O. The van der Waals surface area contributed by atoms with Crippen LogP contribution in [-0.2, 0) is 4.79 Å². The van der Waals surface area contributed by atoms with Gasteiger partial charge >= 0.3 is 0 Å². The number of carbonyl (C=O) groups excluding carboxylic acids is 1. The minimum absolute atomic E-state index is 0.0599. The highest BCUT2D eigenvalue weighted by Gasteiger charge is 2.03. The largest absolute Gasteiger partial charge is 0.370 e. The quantitative estimate of drug-likeness (QED) is 0.512. The van der Waals surface area contributed by atoms with E-state index < -0.39 is 0 Å². The van der Waals surface area contributed by atoms with Crippen LogP contribution in [0.2, 0.25) is 0 Å². The van der Waals surface area contributed by atoms with Crippen LogP contribution in [0.1, 0.15) is 11.1 Å². The van der Waals surface area contributed by atoms with E-state index in [1.165, 1.54) is 0 Å². The molecule has 0 aromatic heterocycles. The topological polar surface area (TPSA) is 93.5 Å². The lowest BCUT2D eigenvalue weighted by Crippen LogP contribution is -2.25. The number of anilines is 1. The summed E-state index contributed by atoms with van der Waals surface area (Å²) in [5.74, 6) is -0.323. The van der Waals surface area contributed by atoms with E-state index in [4.69, 9.17) is 11.5 Å². The third-order valence-electron chi connectivity index (χ3n) is 2.06. The van der Waals surface area contributed by atoms with Crippen LogP contribution in [-0.4, -0.2) is 18.4 Å². The molecule has 0 saturated carbocycles. The number of carbonyl (C=O) groups is 1. The first kappa shape index (κ1) is 12.0. The summed E-state index contributed by atoms with van der Waals surface area (Å²) >= 11 is 0. The summed E-state index contributed by atoms with van der Waals surface area (Å²) in [6.07, 6.45) is 0. The van der Waals surface area contributed by atoms with Crippen LogP contribution in [0.3, 0.4) is 0 Å². The van der Waals surface area contributed by atoms with Gasteiger partial charge in [0.1, 0.15) is 6.54 Å². The Balaban J connectivity index is 2.66. The van der Waals surface area contributed by atoms with Crippen LogP contribution in [0.4, 0.5) is 5.69 Å². The summed E-state index contributed by atoms with van der Waals surface area (Å²) in [4.78, 5) is 15.1. The van der Waals surface area contributed by atoms with E-state index in [1.54, 1.807) is 0 Å². The maximum Gasteiger partial charge on any atom is 0.246 e. The van der Waals surface area contributed by atoms with Crippen molar-refractivity contribution in [2.45, 2.75) is 13.8 Å². The molecular weight excluding hydrogens is 204 g/mol. The predicted octanol–water partition coefficient (Wildman–Crippen LogP) is 0.515. The van der Waals surface area contributed by atoms with Gasteiger partial charge in [-0.2, -0.15) is 0 Å². The van der Waals surface area contributed by atoms with E-state index in [1.807, 2.05) is 32.0 Å². The highest BCUT2D eigenvalue weighted by atomic mass is 16.1. The molecule has 5 N–H and O–H groups in total. The number of aliphatic imine (C=N–C) groups is 1. The molecule has 5 heteroatoms. The fraction of sp³-hybridized carbons (Fsp3) is 0.273. The van der Waals surface area contributed by atoms with Gasteiger partial charge in [-0.15, -0.1) is 0 Å². The molecule has 16 heavy (non-hydrogen) atoms. The Morgan fingerprint density at radius 1 is 1.38 bits per heavy atom. The first-order valence-corrected chi connectivity index (χ1v) is 4.91. The summed E-state index contributed by atoms with van der Waals surface area (Å²) in [7, 11) is 0. The second-order valence-electron chi connectivity index (χ2n) is 3.61. The molecule has 1 aromatic carbocycles. The fourth-order valence-electron chi connectivity index (χ4n) is 1.31. The van der Waals surface area contributed by atoms with Crippen LogP contribution in [0.5, 0.6) is 0 Å². The second kappa shape index (κ2) is 5.16. The monoisotopic (exact) mass is 220 g/mol. The number of hydrogen-bond donors (Lipinski definition) is 3. The second-order valence-corrected chi connectivity index (χ2v) is 3.61. The Morgan fingerprint density at radius 2 is 2.06 bits per heavy atom. The number of rotatable bonds is 3. The molecule has 0 aliphatic carbocycles. The van der Waals surface area contributed by atoms with E-state index in [-0.39, 0.29) is 18.4 Å². The van der Waals surface area contributed by atoms with E-state index in [0.29, 0.717) is 0 Å². The number of nitrogens with two attached hydrogens (primary N) is 2. The van der Waals surface area contributed by atoms with Gasteiger partial charge in [-0.05, 0) is 25.5 Å². The predicted molar refractivity (Wildman–Crippen MR) is 65.2 cm³/mol. The molecule has 0 spiro atoms. The van der Waals surface area contributed by atoms with Gasteiger partial charge in [0, 0.05) is 5.69 Å². The highest BCUT2D eigenvalue weighted by molar-refractivity contribution is 5.94. The van der Waals surface area contributed by atoms with Crippen LogP contribution in [0.15, 0.2) is 23.2 Å². The van der Waals surface area contributed by atoms with Crippen molar-refractivity contribution >= 4 is 17.6 Å². The summed E-state index contributed by atoms with van der Waals surface area (Å²) in [6, 6.07) is 5.79. The van der Waals surface area contributed by atoms with Crippen LogP contribution in [0, 0.1) is 13.8 Å². The van der Waals surface area contributed by atoms with E-state index in [9.17, 15) is 4.79 Å². The summed E-state index contributed by atoms with van der Waals surface area (Å²) in [6.45, 7) is 3.87. The molecule has 0 radical (unpaired) electrons. The number of benzene rings is 1. The maximum absolute atomic E-state index is 11.4. The van der Waals surface area contributed by atoms with Crippen molar-refractivity contribution in [3.8, 4) is 0 Å². The van der Waals surface area contributed by atoms with E-state index in [2.05, 4.69) is 10.3 Å². The van der Waals surface area contributed by atoms with Crippen molar-refractivity contribution in [1.29, 1.82) is 0 Å². The summed E-state index contributed by atoms with van der Waals surface area (Å²) in [5.41, 5.74) is 13.2. The van der Waals surface area contributed by atoms with Gasteiger partial charge in [0.2, 0.25) is 5.91 Å². The molecule has 86 valence electrons. The molecule has 0 bridgehead atoms. The molecule has 0 heterocycles. The van der Waals surface area contributed by atoms with Crippen molar-refractivity contribution < 1.29 is 4.79 Å². The lowest BCUT2D eigenvalue weighted by molar-refractivity contribution is -0.114. The molecule has 0 aliphatic heterocycles. The minimum Gasteiger partial charge on any atom is -0.370 e. The van der Waals surface area contributed by atoms with Gasteiger partial charge < -0.3 is 16.8 Å². The smallest absolute Gasteiger partial charge is 0.246 e. The summed E-state index contributed by atoms with van der Waals surface area (Å²) < 4.78 is 0. The highest BCUT2D eigenvalue weighted by Crippen LogP contribution is 2.15. The van der Waals surface area contributed by atoms with Crippen molar-refractivity contribution in [1.82, 2.24) is 0 Å². The fourth-order valence-corrected chi connectivity index (χ4v) is 1.31. The van der Waals surface area contributed by atoms with Gasteiger partial charge in [0.15, 0.2) is 5.96 Å². The number of guanidine groups is 1. The number of nitrogens with one attached hydrogen (secondary N) is 1. The zero-order valence-electron chi connectivity index (χ0n) is 9.45. The normalized spacial score (nSPS) is 9.62. The van der Waals surface area contributed by atoms with Gasteiger partial charge in [0.05, 0.1) is 0 Å². The third kappa shape index (κ3) is 3.61. The Kier molecular flexibility index (Phi) is 3.88. The first-order valence-electron chi connectivity index (χ1n) is 4.91. The zero-order chi connectivity index (χ0) is 12.1. The van der Waals surface area contributed by atoms with Gasteiger partial charge in [-0.3, -0.25) is 4.79 Å². The van der Waals surface area contributed by atoms with Crippen molar-refractivity contribution in [3.05, 3.63) is 29.3 Å². The van der Waals surface area contributed by atoms with E-state index in [0.717, 1.165) is 16.8 Å². The van der Waals surface area contributed by atoms with Gasteiger partial charge in [0.25, 0.3) is 0 Å². The van der Waals surface area contributed by atoms with Crippen LogP contribution >= 0.6 is 0 Å². The lowest BCUT2D eigenvalue weighted by Gasteiger charge is -2.07. The average Bonchev–Trinajstić information content (AvgIpc) is 2.19. The van der Waals surface area contributed by atoms with Crippen LogP contribution in [0.25, 0.3) is 0 Å². The van der Waals surface area contributed by atoms with Crippen molar-refractivity contribution in [3.63, 3.8) is 0 Å². The van der Waals surface area contributed by atoms with Crippen molar-refractivity contribution in [2.75, 3.05) is 11.9 Å². The third-order valence-corrected chi connectivity index (χ3v) is 2.06. The molecule has 1 rings (SSSR count). The molecule has 1 amide bonds. The standard InChI is InChI=1S/C11H16N4O/c1-7-3-4-9(8(2)5-7)15-10(16)6-14-11(12)13/h3-5H,6H2,1-2H3,(H,15,16)(H4,12,13,14). The average molecular weight is 220 g/mol. The molecule has 0 saturated heterocycles. The SMILES string of the molecule is Cc1ccc(NC(=O)CN=C(N)N)c(C)c1.